The van der Waals surface area contributed by atoms with E-state index in [2.05, 4.69) is 10.6 Å². The van der Waals surface area contributed by atoms with Crippen LogP contribution in [0.15, 0.2) is 72.8 Å². The standard InChI is InChI=1S/C25H25ClN2O3/c1-25(2,3)28-24(30)19-11-7-8-12-21(19)27-23(29)20-15-18(26)13-14-22(20)31-16-17-9-5-4-6-10-17/h4-15H,16H2,1-3H3,(H,27,29)(H,28,30). The van der Waals surface area contributed by atoms with Gasteiger partial charge in [0.15, 0.2) is 0 Å². The van der Waals surface area contributed by atoms with Crippen molar-refractivity contribution in [2.24, 2.45) is 0 Å². The van der Waals surface area contributed by atoms with E-state index in [-0.39, 0.29) is 11.5 Å². The van der Waals surface area contributed by atoms with E-state index >= 15 is 0 Å². The van der Waals surface area contributed by atoms with Gasteiger partial charge in [0.2, 0.25) is 0 Å². The summed E-state index contributed by atoms with van der Waals surface area (Å²) < 4.78 is 5.88. The van der Waals surface area contributed by atoms with E-state index in [0.717, 1.165) is 5.56 Å². The Bertz CT molecular complexity index is 1080. The van der Waals surface area contributed by atoms with Gasteiger partial charge in [-0.1, -0.05) is 54.1 Å². The average Bonchev–Trinajstić information content (AvgIpc) is 2.72. The number of carbonyl (C=O) groups excluding carboxylic acids is 2. The zero-order valence-electron chi connectivity index (χ0n) is 17.7. The number of carbonyl (C=O) groups is 2. The number of halogens is 1. The molecular weight excluding hydrogens is 412 g/mol. The van der Waals surface area contributed by atoms with E-state index in [1.165, 1.54) is 0 Å². The monoisotopic (exact) mass is 436 g/mol. The fourth-order valence-corrected chi connectivity index (χ4v) is 3.10. The molecule has 0 atom stereocenters. The van der Waals surface area contributed by atoms with Gasteiger partial charge in [0.05, 0.1) is 16.8 Å². The van der Waals surface area contributed by atoms with E-state index in [1.54, 1.807) is 42.5 Å². The molecule has 31 heavy (non-hydrogen) atoms. The van der Waals surface area contributed by atoms with Crippen molar-refractivity contribution < 1.29 is 14.3 Å². The van der Waals surface area contributed by atoms with Crippen molar-refractivity contribution in [1.29, 1.82) is 0 Å². The first-order valence-electron chi connectivity index (χ1n) is 9.92. The molecule has 2 amide bonds. The van der Waals surface area contributed by atoms with Crippen LogP contribution in [0, 0.1) is 0 Å². The molecule has 0 aliphatic rings. The number of anilines is 1. The molecule has 5 nitrogen and oxygen atoms in total. The molecule has 0 bridgehead atoms. The van der Waals surface area contributed by atoms with Crippen LogP contribution in [0.5, 0.6) is 5.75 Å². The molecule has 3 rings (SSSR count). The van der Waals surface area contributed by atoms with Crippen LogP contribution in [0.1, 0.15) is 47.1 Å². The molecule has 0 aliphatic heterocycles. The van der Waals surface area contributed by atoms with Crippen molar-refractivity contribution in [2.45, 2.75) is 32.9 Å². The smallest absolute Gasteiger partial charge is 0.259 e. The van der Waals surface area contributed by atoms with Crippen LogP contribution >= 0.6 is 11.6 Å². The molecule has 0 aliphatic carbocycles. The molecule has 0 radical (unpaired) electrons. The Balaban J connectivity index is 1.82. The summed E-state index contributed by atoms with van der Waals surface area (Å²) in [5, 5.41) is 6.15. The maximum atomic E-state index is 13.1. The third-order valence-electron chi connectivity index (χ3n) is 4.33. The van der Waals surface area contributed by atoms with Gasteiger partial charge >= 0.3 is 0 Å². The van der Waals surface area contributed by atoms with Gasteiger partial charge in [0.1, 0.15) is 12.4 Å². The Kier molecular flexibility index (Phi) is 6.98. The minimum Gasteiger partial charge on any atom is -0.488 e. The average molecular weight is 437 g/mol. The lowest BCUT2D eigenvalue weighted by Gasteiger charge is -2.21. The lowest BCUT2D eigenvalue weighted by Crippen LogP contribution is -2.40. The molecule has 0 unspecified atom stereocenters. The second-order valence-electron chi connectivity index (χ2n) is 8.12. The van der Waals surface area contributed by atoms with Crippen molar-refractivity contribution in [2.75, 3.05) is 5.32 Å². The number of ether oxygens (including phenoxy) is 1. The quantitative estimate of drug-likeness (QED) is 0.520. The van der Waals surface area contributed by atoms with Gasteiger partial charge in [-0.3, -0.25) is 9.59 Å². The van der Waals surface area contributed by atoms with Crippen molar-refractivity contribution >= 4 is 29.1 Å². The number of hydrogen-bond donors (Lipinski definition) is 2. The highest BCUT2D eigenvalue weighted by molar-refractivity contribution is 6.31. The van der Waals surface area contributed by atoms with Crippen molar-refractivity contribution in [3.63, 3.8) is 0 Å². The lowest BCUT2D eigenvalue weighted by atomic mass is 10.1. The van der Waals surface area contributed by atoms with Gasteiger partial charge < -0.3 is 15.4 Å². The highest BCUT2D eigenvalue weighted by Crippen LogP contribution is 2.26. The molecule has 3 aromatic carbocycles. The van der Waals surface area contributed by atoms with E-state index < -0.39 is 11.4 Å². The molecule has 6 heteroatoms. The summed E-state index contributed by atoms with van der Waals surface area (Å²) in [5.41, 5.74) is 1.64. The van der Waals surface area contributed by atoms with Gasteiger partial charge in [0, 0.05) is 10.6 Å². The summed E-state index contributed by atoms with van der Waals surface area (Å²) in [6.45, 7) is 6.00. The first-order chi connectivity index (χ1) is 14.7. The number of nitrogens with one attached hydrogen (secondary N) is 2. The zero-order valence-corrected chi connectivity index (χ0v) is 18.5. The van der Waals surface area contributed by atoms with Gasteiger partial charge in [-0.2, -0.15) is 0 Å². The molecule has 160 valence electrons. The summed E-state index contributed by atoms with van der Waals surface area (Å²) in [5.74, 6) is -0.279. The van der Waals surface area contributed by atoms with Gasteiger partial charge in [-0.05, 0) is 56.7 Å². The normalized spacial score (nSPS) is 11.0. The van der Waals surface area contributed by atoms with Crippen molar-refractivity contribution in [3.8, 4) is 5.75 Å². The van der Waals surface area contributed by atoms with Crippen molar-refractivity contribution in [1.82, 2.24) is 5.32 Å². The molecule has 0 fully saturated rings. The van der Waals surface area contributed by atoms with Crippen LogP contribution < -0.4 is 15.4 Å². The maximum Gasteiger partial charge on any atom is 0.259 e. The van der Waals surface area contributed by atoms with Crippen LogP contribution in [0.3, 0.4) is 0 Å². The van der Waals surface area contributed by atoms with E-state index in [9.17, 15) is 9.59 Å². The van der Waals surface area contributed by atoms with Gasteiger partial charge in [0.25, 0.3) is 11.8 Å². The van der Waals surface area contributed by atoms with Crippen molar-refractivity contribution in [3.05, 3.63) is 94.5 Å². The summed E-state index contributed by atoms with van der Waals surface area (Å²) in [4.78, 5) is 25.7. The van der Waals surface area contributed by atoms with Crippen LogP contribution in [-0.4, -0.2) is 17.4 Å². The Hall–Kier alpha value is -3.31. The SMILES string of the molecule is CC(C)(C)NC(=O)c1ccccc1NC(=O)c1cc(Cl)ccc1OCc1ccccc1. The third-order valence-corrected chi connectivity index (χ3v) is 4.57. The second-order valence-corrected chi connectivity index (χ2v) is 8.56. The molecule has 0 spiro atoms. The molecule has 2 N–H and O–H groups in total. The van der Waals surface area contributed by atoms with Crippen LogP contribution in [0.25, 0.3) is 0 Å². The Morgan fingerprint density at radius 2 is 1.55 bits per heavy atom. The highest BCUT2D eigenvalue weighted by atomic mass is 35.5. The van der Waals surface area contributed by atoms with E-state index in [4.69, 9.17) is 16.3 Å². The number of benzene rings is 3. The maximum absolute atomic E-state index is 13.1. The summed E-state index contributed by atoms with van der Waals surface area (Å²) >= 11 is 6.14. The van der Waals surface area contributed by atoms with Crippen LogP contribution in [-0.2, 0) is 6.61 Å². The Morgan fingerprint density at radius 1 is 0.871 bits per heavy atom. The van der Waals surface area contributed by atoms with E-state index in [0.29, 0.717) is 28.6 Å². The largest absolute Gasteiger partial charge is 0.488 e. The summed E-state index contributed by atoms with van der Waals surface area (Å²) in [6, 6.07) is 21.4. The van der Waals surface area contributed by atoms with Crippen LogP contribution in [0.4, 0.5) is 5.69 Å². The fraction of sp³-hybridized carbons (Fsp3) is 0.200. The lowest BCUT2D eigenvalue weighted by molar-refractivity contribution is 0.0920. The topological polar surface area (TPSA) is 67.4 Å². The molecule has 0 aromatic heterocycles. The molecule has 0 heterocycles. The molecule has 3 aromatic rings. The summed E-state index contributed by atoms with van der Waals surface area (Å²) in [7, 11) is 0. The first kappa shape index (κ1) is 22.4. The minimum absolute atomic E-state index is 0.268. The molecule has 0 saturated carbocycles. The number of rotatable bonds is 6. The van der Waals surface area contributed by atoms with Gasteiger partial charge in [-0.25, -0.2) is 0 Å². The second kappa shape index (κ2) is 9.67. The number of amides is 2. The third kappa shape index (κ3) is 6.33. The number of para-hydroxylation sites is 1. The zero-order chi connectivity index (χ0) is 22.4. The highest BCUT2D eigenvalue weighted by Gasteiger charge is 2.20. The van der Waals surface area contributed by atoms with E-state index in [1.807, 2.05) is 51.1 Å². The Labute approximate surface area is 187 Å². The predicted molar refractivity (Wildman–Crippen MR) is 124 cm³/mol. The summed E-state index contributed by atoms with van der Waals surface area (Å²) in [6.07, 6.45) is 0. The molecule has 0 saturated heterocycles. The molecular formula is C25H25ClN2O3. The number of hydrogen-bond acceptors (Lipinski definition) is 3. The first-order valence-corrected chi connectivity index (χ1v) is 10.3. The Morgan fingerprint density at radius 3 is 2.26 bits per heavy atom. The predicted octanol–water partition coefficient (Wildman–Crippen LogP) is 5.70. The van der Waals surface area contributed by atoms with Crippen LogP contribution in [0.2, 0.25) is 5.02 Å². The minimum atomic E-state index is -0.415. The van der Waals surface area contributed by atoms with Gasteiger partial charge in [-0.15, -0.1) is 0 Å². The fourth-order valence-electron chi connectivity index (χ4n) is 2.93.